The van der Waals surface area contributed by atoms with Gasteiger partial charge in [-0.25, -0.2) is 9.37 Å². The molecule has 8 heteroatoms. The summed E-state index contributed by atoms with van der Waals surface area (Å²) in [4.78, 5) is 8.43. The second-order valence-corrected chi connectivity index (χ2v) is 5.83. The summed E-state index contributed by atoms with van der Waals surface area (Å²) in [5.74, 6) is 0.125. The van der Waals surface area contributed by atoms with Crippen molar-refractivity contribution in [1.29, 1.82) is 0 Å². The van der Waals surface area contributed by atoms with E-state index in [2.05, 4.69) is 9.98 Å². The topological polar surface area (TPSA) is 82.2 Å². The lowest BCUT2D eigenvalue weighted by molar-refractivity contribution is 0.384. The van der Waals surface area contributed by atoms with Crippen molar-refractivity contribution in [3.63, 3.8) is 0 Å². The Kier molecular flexibility index (Phi) is 3.11. The molecule has 5 nitrogen and oxygen atoms in total. The Morgan fingerprint density at radius 3 is 2.76 bits per heavy atom. The molecule has 0 bridgehead atoms. The lowest BCUT2D eigenvalue weighted by Crippen LogP contribution is -2.37. The van der Waals surface area contributed by atoms with E-state index in [-0.39, 0.29) is 22.7 Å². The largest absolute Gasteiger partial charge is 0.399 e. The Balaban J connectivity index is 2.18. The predicted octanol–water partition coefficient (Wildman–Crippen LogP) is 2.55. The van der Waals surface area contributed by atoms with Gasteiger partial charge in [0, 0.05) is 11.3 Å². The number of nitrogens with two attached hydrogens (primary N) is 2. The summed E-state index contributed by atoms with van der Waals surface area (Å²) in [7, 11) is 0. The number of halogens is 3. The van der Waals surface area contributed by atoms with Gasteiger partial charge < -0.3 is 16.0 Å². The van der Waals surface area contributed by atoms with E-state index >= 15 is 0 Å². The molecule has 21 heavy (non-hydrogen) atoms. The predicted molar refractivity (Wildman–Crippen MR) is 81.1 cm³/mol. The van der Waals surface area contributed by atoms with Gasteiger partial charge in [-0.15, -0.1) is 0 Å². The smallest absolute Gasteiger partial charge is 0.178 e. The SMILES string of the molecule is CC1(c2cc(N)ccc2F)Cn2c(nc(Cl)c2Cl)C(N)=N1. The number of nitrogens with zero attached hydrogens (tertiary/aromatic N) is 3. The van der Waals surface area contributed by atoms with Crippen LogP contribution in [0.4, 0.5) is 10.1 Å². The third-order valence-electron chi connectivity index (χ3n) is 3.50. The van der Waals surface area contributed by atoms with Gasteiger partial charge in [-0.3, -0.25) is 4.99 Å². The number of rotatable bonds is 1. The van der Waals surface area contributed by atoms with Crippen LogP contribution in [0.3, 0.4) is 0 Å². The van der Waals surface area contributed by atoms with Crippen LogP contribution in [0.15, 0.2) is 23.2 Å². The fraction of sp³-hybridized carbons (Fsp3) is 0.231. The summed E-state index contributed by atoms with van der Waals surface area (Å²) >= 11 is 12.0. The van der Waals surface area contributed by atoms with Gasteiger partial charge in [0.15, 0.2) is 16.8 Å². The highest BCUT2D eigenvalue weighted by molar-refractivity contribution is 6.41. The van der Waals surface area contributed by atoms with Crippen LogP contribution in [-0.2, 0) is 12.1 Å². The van der Waals surface area contributed by atoms with Gasteiger partial charge >= 0.3 is 0 Å². The number of fused-ring (bicyclic) bond motifs is 1. The van der Waals surface area contributed by atoms with E-state index in [4.69, 9.17) is 34.7 Å². The molecule has 0 aliphatic carbocycles. The summed E-state index contributed by atoms with van der Waals surface area (Å²) < 4.78 is 15.8. The Hall–Kier alpha value is -1.79. The van der Waals surface area contributed by atoms with Crippen LogP contribution in [0, 0.1) is 5.82 Å². The zero-order valence-corrected chi connectivity index (χ0v) is 12.6. The summed E-state index contributed by atoms with van der Waals surface area (Å²) in [6, 6.07) is 4.34. The molecule has 0 fully saturated rings. The van der Waals surface area contributed by atoms with Gasteiger partial charge in [0.2, 0.25) is 0 Å². The number of aromatic nitrogens is 2. The number of imidazole rings is 1. The molecule has 1 atom stereocenters. The second-order valence-electron chi connectivity index (χ2n) is 5.11. The van der Waals surface area contributed by atoms with E-state index in [1.54, 1.807) is 17.6 Å². The summed E-state index contributed by atoms with van der Waals surface area (Å²) in [5, 5.41) is 0.391. The van der Waals surface area contributed by atoms with E-state index in [0.717, 1.165) is 0 Å². The van der Waals surface area contributed by atoms with E-state index in [0.29, 0.717) is 17.1 Å². The minimum Gasteiger partial charge on any atom is -0.399 e. The highest BCUT2D eigenvalue weighted by Crippen LogP contribution is 2.37. The number of aliphatic imine (C=N–C) groups is 1. The van der Waals surface area contributed by atoms with Gasteiger partial charge in [0.25, 0.3) is 0 Å². The quantitative estimate of drug-likeness (QED) is 0.789. The number of nitrogen functional groups attached to an aromatic ring is 1. The molecule has 0 radical (unpaired) electrons. The minimum absolute atomic E-state index is 0.141. The van der Waals surface area contributed by atoms with Gasteiger partial charge in [-0.2, -0.15) is 0 Å². The molecule has 0 saturated carbocycles. The molecule has 0 saturated heterocycles. The normalized spacial score (nSPS) is 21.0. The van der Waals surface area contributed by atoms with Crippen molar-refractivity contribution >= 4 is 34.7 Å². The fourth-order valence-electron chi connectivity index (χ4n) is 2.50. The van der Waals surface area contributed by atoms with Gasteiger partial charge in [-0.1, -0.05) is 23.2 Å². The average molecular weight is 328 g/mol. The molecule has 4 N–H and O–H groups in total. The fourth-order valence-corrected chi connectivity index (χ4v) is 2.87. The lowest BCUT2D eigenvalue weighted by atomic mass is 9.90. The second kappa shape index (κ2) is 4.61. The molecule has 1 aromatic heterocycles. The van der Waals surface area contributed by atoms with Crippen molar-refractivity contribution in [3.8, 4) is 0 Å². The summed E-state index contributed by atoms with van der Waals surface area (Å²) in [6.07, 6.45) is 0. The molecule has 0 amide bonds. The molecule has 2 heterocycles. The molecule has 2 aromatic rings. The molecule has 1 aromatic carbocycles. The Morgan fingerprint density at radius 1 is 1.33 bits per heavy atom. The minimum atomic E-state index is -0.940. The monoisotopic (exact) mass is 327 g/mol. The lowest BCUT2D eigenvalue weighted by Gasteiger charge is -2.31. The Bertz CT molecular complexity index is 770. The van der Waals surface area contributed by atoms with Crippen LogP contribution in [0.2, 0.25) is 10.3 Å². The maximum absolute atomic E-state index is 14.2. The standard InChI is InChI=1S/C13H12Cl2FN5/c1-13(7-4-6(17)2-3-8(7)16)5-21-10(15)9(14)19-12(21)11(18)20-13/h2-4H,5,17H2,1H3,(H2,18,20). The number of anilines is 1. The van der Waals surface area contributed by atoms with E-state index in [1.165, 1.54) is 12.1 Å². The van der Waals surface area contributed by atoms with E-state index < -0.39 is 11.4 Å². The average Bonchev–Trinajstić information content (AvgIpc) is 2.70. The highest BCUT2D eigenvalue weighted by Gasteiger charge is 2.36. The van der Waals surface area contributed by atoms with Crippen LogP contribution in [-0.4, -0.2) is 15.4 Å². The number of benzene rings is 1. The molecular formula is C13H12Cl2FN5. The zero-order valence-electron chi connectivity index (χ0n) is 11.1. The Morgan fingerprint density at radius 2 is 2.05 bits per heavy atom. The first kappa shape index (κ1) is 14.2. The van der Waals surface area contributed by atoms with Crippen LogP contribution in [0.1, 0.15) is 18.3 Å². The van der Waals surface area contributed by atoms with Gasteiger partial charge in [-0.05, 0) is 25.1 Å². The summed E-state index contributed by atoms with van der Waals surface area (Å²) in [6.45, 7) is 2.02. The number of hydrogen-bond donors (Lipinski definition) is 2. The zero-order chi connectivity index (χ0) is 15.4. The van der Waals surface area contributed by atoms with Crippen LogP contribution >= 0.6 is 23.2 Å². The molecule has 110 valence electrons. The third-order valence-corrected chi connectivity index (χ3v) is 4.24. The first-order chi connectivity index (χ1) is 9.82. The van der Waals surface area contributed by atoms with E-state index in [1.807, 2.05) is 0 Å². The van der Waals surface area contributed by atoms with Gasteiger partial charge in [0.1, 0.15) is 16.5 Å². The molecule has 3 rings (SSSR count). The molecular weight excluding hydrogens is 316 g/mol. The molecule has 0 spiro atoms. The summed E-state index contributed by atoms with van der Waals surface area (Å²) in [5.41, 5.74) is 11.5. The number of hydrogen-bond acceptors (Lipinski definition) is 4. The Labute approximate surface area is 130 Å². The molecule has 1 aliphatic rings. The third kappa shape index (κ3) is 2.15. The maximum atomic E-state index is 14.2. The molecule has 1 aliphatic heterocycles. The van der Waals surface area contributed by atoms with Crippen molar-refractivity contribution < 1.29 is 4.39 Å². The van der Waals surface area contributed by atoms with Crippen molar-refractivity contribution in [1.82, 2.24) is 9.55 Å². The van der Waals surface area contributed by atoms with Crippen LogP contribution in [0.5, 0.6) is 0 Å². The number of amidine groups is 1. The van der Waals surface area contributed by atoms with E-state index in [9.17, 15) is 4.39 Å². The van der Waals surface area contributed by atoms with Gasteiger partial charge in [0.05, 0.1) is 6.54 Å². The highest BCUT2D eigenvalue weighted by atomic mass is 35.5. The van der Waals surface area contributed by atoms with Crippen LogP contribution in [0.25, 0.3) is 0 Å². The first-order valence-electron chi connectivity index (χ1n) is 6.14. The molecule has 1 unspecified atom stereocenters. The van der Waals surface area contributed by atoms with Crippen molar-refractivity contribution in [2.45, 2.75) is 19.0 Å². The van der Waals surface area contributed by atoms with Crippen molar-refractivity contribution in [3.05, 3.63) is 45.7 Å². The first-order valence-corrected chi connectivity index (χ1v) is 6.90. The maximum Gasteiger partial charge on any atom is 0.178 e. The van der Waals surface area contributed by atoms with Crippen LogP contribution < -0.4 is 11.5 Å². The van der Waals surface area contributed by atoms with Crippen molar-refractivity contribution in [2.24, 2.45) is 10.7 Å². The van der Waals surface area contributed by atoms with Crippen molar-refractivity contribution in [2.75, 3.05) is 5.73 Å².